The van der Waals surface area contributed by atoms with E-state index in [2.05, 4.69) is 27.9 Å². The van der Waals surface area contributed by atoms with Crippen LogP contribution in [0.5, 0.6) is 0 Å². The van der Waals surface area contributed by atoms with Crippen LogP contribution in [0, 0.1) is 0 Å². The zero-order valence-electron chi connectivity index (χ0n) is 8.91. The number of hydrogen-bond acceptors (Lipinski definition) is 2. The molecule has 2 rings (SSSR count). The van der Waals surface area contributed by atoms with E-state index in [4.69, 9.17) is 0 Å². The quantitative estimate of drug-likeness (QED) is 0.846. The van der Waals surface area contributed by atoms with Crippen molar-refractivity contribution in [2.24, 2.45) is 0 Å². The standard InChI is InChI=1S/C12H16BrNO/c1-14-8-6-12(15,7-9-14)10-2-4-11(13)5-3-10/h2-5,15H,6-9H2,1H3. The highest BCUT2D eigenvalue weighted by molar-refractivity contribution is 9.10. The van der Waals surface area contributed by atoms with Gasteiger partial charge in [0.2, 0.25) is 0 Å². The highest BCUT2D eigenvalue weighted by Gasteiger charge is 2.32. The van der Waals surface area contributed by atoms with Gasteiger partial charge < -0.3 is 10.0 Å². The summed E-state index contributed by atoms with van der Waals surface area (Å²) in [5.74, 6) is 0. The van der Waals surface area contributed by atoms with Gasteiger partial charge in [0, 0.05) is 17.6 Å². The number of benzene rings is 1. The summed E-state index contributed by atoms with van der Waals surface area (Å²) in [6.07, 6.45) is 1.65. The molecule has 0 saturated carbocycles. The molecule has 0 aromatic heterocycles. The molecule has 3 heteroatoms. The van der Waals surface area contributed by atoms with Crippen LogP contribution in [0.3, 0.4) is 0 Å². The highest BCUT2D eigenvalue weighted by Crippen LogP contribution is 2.32. The summed E-state index contributed by atoms with van der Waals surface area (Å²) in [7, 11) is 2.10. The smallest absolute Gasteiger partial charge is 0.0920 e. The van der Waals surface area contributed by atoms with Gasteiger partial charge in [0.05, 0.1) is 5.60 Å². The second kappa shape index (κ2) is 4.24. The first-order valence-electron chi connectivity index (χ1n) is 5.27. The van der Waals surface area contributed by atoms with Crippen LogP contribution in [0.2, 0.25) is 0 Å². The second-order valence-corrected chi connectivity index (χ2v) is 5.26. The molecular weight excluding hydrogens is 254 g/mol. The lowest BCUT2D eigenvalue weighted by Crippen LogP contribution is -2.40. The Labute approximate surface area is 99.0 Å². The van der Waals surface area contributed by atoms with Gasteiger partial charge in [-0.3, -0.25) is 0 Å². The molecule has 82 valence electrons. The van der Waals surface area contributed by atoms with Crippen LogP contribution in [-0.2, 0) is 5.60 Å². The van der Waals surface area contributed by atoms with Crippen molar-refractivity contribution in [2.75, 3.05) is 20.1 Å². The van der Waals surface area contributed by atoms with Gasteiger partial charge in [0.1, 0.15) is 0 Å². The van der Waals surface area contributed by atoms with Gasteiger partial charge >= 0.3 is 0 Å². The normalized spacial score (nSPS) is 21.5. The Morgan fingerprint density at radius 3 is 2.27 bits per heavy atom. The molecule has 1 aliphatic heterocycles. The third-order valence-corrected chi connectivity index (χ3v) is 3.72. The fraction of sp³-hybridized carbons (Fsp3) is 0.500. The van der Waals surface area contributed by atoms with E-state index in [1.807, 2.05) is 24.3 Å². The van der Waals surface area contributed by atoms with E-state index >= 15 is 0 Å². The summed E-state index contributed by atoms with van der Waals surface area (Å²) in [4.78, 5) is 2.26. The predicted octanol–water partition coefficient (Wildman–Crippen LogP) is 2.36. The SMILES string of the molecule is CN1CCC(O)(c2ccc(Br)cc2)CC1. The minimum Gasteiger partial charge on any atom is -0.385 e. The summed E-state index contributed by atoms with van der Waals surface area (Å²) in [6, 6.07) is 8.00. The summed E-state index contributed by atoms with van der Waals surface area (Å²) < 4.78 is 1.06. The average Bonchev–Trinajstić information content (AvgIpc) is 2.24. The minimum atomic E-state index is -0.618. The zero-order chi connectivity index (χ0) is 10.9. The molecule has 1 aromatic rings. The van der Waals surface area contributed by atoms with Crippen molar-refractivity contribution in [3.8, 4) is 0 Å². The zero-order valence-corrected chi connectivity index (χ0v) is 10.5. The molecule has 0 spiro atoms. The maximum absolute atomic E-state index is 10.5. The minimum absolute atomic E-state index is 0.618. The summed E-state index contributed by atoms with van der Waals surface area (Å²) in [5, 5.41) is 10.5. The number of rotatable bonds is 1. The number of likely N-dealkylation sites (tertiary alicyclic amines) is 1. The van der Waals surface area contributed by atoms with Crippen molar-refractivity contribution >= 4 is 15.9 Å². The van der Waals surface area contributed by atoms with Crippen molar-refractivity contribution in [3.63, 3.8) is 0 Å². The van der Waals surface area contributed by atoms with Crippen LogP contribution in [0.1, 0.15) is 18.4 Å². The van der Waals surface area contributed by atoms with Crippen molar-refractivity contribution in [1.82, 2.24) is 4.90 Å². The number of nitrogens with zero attached hydrogens (tertiary/aromatic N) is 1. The maximum Gasteiger partial charge on any atom is 0.0920 e. The van der Waals surface area contributed by atoms with E-state index in [0.717, 1.165) is 36.0 Å². The monoisotopic (exact) mass is 269 g/mol. The van der Waals surface area contributed by atoms with E-state index in [1.165, 1.54) is 0 Å². The Bertz CT molecular complexity index is 328. The molecule has 1 aliphatic rings. The Morgan fingerprint density at radius 2 is 1.73 bits per heavy atom. The molecule has 2 nitrogen and oxygen atoms in total. The van der Waals surface area contributed by atoms with Crippen LogP contribution in [-0.4, -0.2) is 30.1 Å². The van der Waals surface area contributed by atoms with Crippen LogP contribution < -0.4 is 0 Å². The van der Waals surface area contributed by atoms with Crippen molar-refractivity contribution in [3.05, 3.63) is 34.3 Å². The van der Waals surface area contributed by atoms with E-state index < -0.39 is 5.60 Å². The number of halogens is 1. The van der Waals surface area contributed by atoms with E-state index in [0.29, 0.717) is 0 Å². The van der Waals surface area contributed by atoms with Crippen molar-refractivity contribution in [1.29, 1.82) is 0 Å². The van der Waals surface area contributed by atoms with E-state index in [-0.39, 0.29) is 0 Å². The molecule has 0 aliphatic carbocycles. The molecular formula is C12H16BrNO. The van der Waals surface area contributed by atoms with E-state index in [9.17, 15) is 5.11 Å². The molecule has 15 heavy (non-hydrogen) atoms. The molecule has 1 N–H and O–H groups in total. The van der Waals surface area contributed by atoms with E-state index in [1.54, 1.807) is 0 Å². The largest absolute Gasteiger partial charge is 0.385 e. The lowest BCUT2D eigenvalue weighted by Gasteiger charge is -2.36. The summed E-state index contributed by atoms with van der Waals surface area (Å²) in [5.41, 5.74) is 0.423. The van der Waals surface area contributed by atoms with Gasteiger partial charge in [-0.25, -0.2) is 0 Å². The van der Waals surface area contributed by atoms with Gasteiger partial charge in [0.15, 0.2) is 0 Å². The summed E-state index contributed by atoms with van der Waals surface area (Å²) in [6.45, 7) is 1.93. The first-order valence-corrected chi connectivity index (χ1v) is 6.06. The lowest BCUT2D eigenvalue weighted by atomic mass is 9.85. The maximum atomic E-state index is 10.5. The van der Waals surface area contributed by atoms with Crippen molar-refractivity contribution in [2.45, 2.75) is 18.4 Å². The van der Waals surface area contributed by atoms with Gasteiger partial charge in [-0.05, 0) is 37.6 Å². The third kappa shape index (κ3) is 2.41. The molecule has 0 atom stereocenters. The Morgan fingerprint density at radius 1 is 1.20 bits per heavy atom. The molecule has 1 saturated heterocycles. The van der Waals surface area contributed by atoms with Gasteiger partial charge in [0.25, 0.3) is 0 Å². The Hall–Kier alpha value is -0.380. The molecule has 1 aromatic carbocycles. The number of piperidine rings is 1. The van der Waals surface area contributed by atoms with Crippen LogP contribution in [0.4, 0.5) is 0 Å². The highest BCUT2D eigenvalue weighted by atomic mass is 79.9. The van der Waals surface area contributed by atoms with Crippen LogP contribution >= 0.6 is 15.9 Å². The Kier molecular flexibility index (Phi) is 3.14. The molecule has 0 amide bonds. The van der Waals surface area contributed by atoms with Crippen LogP contribution in [0.25, 0.3) is 0 Å². The van der Waals surface area contributed by atoms with Gasteiger partial charge in [-0.1, -0.05) is 28.1 Å². The fourth-order valence-corrected chi connectivity index (χ4v) is 2.30. The van der Waals surface area contributed by atoms with Crippen LogP contribution in [0.15, 0.2) is 28.7 Å². The second-order valence-electron chi connectivity index (χ2n) is 4.34. The third-order valence-electron chi connectivity index (χ3n) is 3.20. The molecule has 1 heterocycles. The molecule has 0 unspecified atom stereocenters. The Balaban J connectivity index is 2.18. The number of aliphatic hydroxyl groups is 1. The first kappa shape index (κ1) is 11.1. The van der Waals surface area contributed by atoms with Crippen molar-refractivity contribution < 1.29 is 5.11 Å². The topological polar surface area (TPSA) is 23.5 Å². The fourth-order valence-electron chi connectivity index (χ4n) is 2.04. The first-order chi connectivity index (χ1) is 7.10. The number of hydrogen-bond donors (Lipinski definition) is 1. The average molecular weight is 270 g/mol. The molecule has 0 radical (unpaired) electrons. The lowest BCUT2D eigenvalue weighted by molar-refractivity contribution is -0.0203. The summed E-state index contributed by atoms with van der Waals surface area (Å²) >= 11 is 3.41. The van der Waals surface area contributed by atoms with Gasteiger partial charge in [-0.2, -0.15) is 0 Å². The van der Waals surface area contributed by atoms with Gasteiger partial charge in [-0.15, -0.1) is 0 Å². The predicted molar refractivity (Wildman–Crippen MR) is 64.8 cm³/mol. The molecule has 0 bridgehead atoms. The molecule has 1 fully saturated rings.